The Hall–Kier alpha value is -2.85. The van der Waals surface area contributed by atoms with Gasteiger partial charge in [0.05, 0.1) is 16.7 Å². The van der Waals surface area contributed by atoms with Crippen LogP contribution in [0.4, 0.5) is 0 Å². The van der Waals surface area contributed by atoms with Gasteiger partial charge >= 0.3 is 0 Å². The summed E-state index contributed by atoms with van der Waals surface area (Å²) in [6.45, 7) is 0. The normalized spacial score (nSPS) is 10.5. The Morgan fingerprint density at radius 1 is 0.913 bits per heavy atom. The van der Waals surface area contributed by atoms with Gasteiger partial charge < -0.3 is 15.2 Å². The van der Waals surface area contributed by atoms with Crippen LogP contribution in [-0.4, -0.2) is 27.3 Å². The van der Waals surface area contributed by atoms with Gasteiger partial charge in [0.15, 0.2) is 0 Å². The molecule has 0 amide bonds. The van der Waals surface area contributed by atoms with Crippen LogP contribution in [0.25, 0.3) is 21.8 Å². The minimum Gasteiger partial charge on any atom is -0.508 e. The van der Waals surface area contributed by atoms with E-state index < -0.39 is 0 Å². The van der Waals surface area contributed by atoms with Crippen molar-refractivity contribution in [1.29, 1.82) is 0 Å². The van der Waals surface area contributed by atoms with E-state index in [1.54, 1.807) is 12.1 Å². The van der Waals surface area contributed by atoms with Gasteiger partial charge in [-0.15, -0.1) is 0 Å². The fraction of sp³-hybridized carbons (Fsp3) is 0.105. The van der Waals surface area contributed by atoms with Crippen LogP contribution in [0, 0.1) is 0 Å². The molecule has 0 fully saturated rings. The summed E-state index contributed by atoms with van der Waals surface area (Å²) in [5, 5.41) is 18.8. The topological polar surface area (TPSA) is 69.1 Å². The van der Waals surface area contributed by atoms with Gasteiger partial charge in [0, 0.05) is 30.5 Å². The molecule has 0 aliphatic heterocycles. The Labute approximate surface area is 134 Å². The number of benzene rings is 2. The first-order chi connectivity index (χ1) is 11.3. The number of aliphatic hydroxyl groups is 1. The number of phenolic OH excluding ortho intramolecular Hbond substituents is 1. The van der Waals surface area contributed by atoms with Gasteiger partial charge in [-0.3, -0.25) is 4.98 Å². The van der Waals surface area contributed by atoms with Crippen LogP contribution >= 0.6 is 0 Å². The maximum Gasteiger partial charge on any atom is 0.115 e. The third-order valence-corrected chi connectivity index (χ3v) is 3.79. The van der Waals surface area contributed by atoms with Gasteiger partial charge in [0.1, 0.15) is 5.75 Å². The number of rotatable bonds is 2. The Morgan fingerprint density at radius 2 is 1.65 bits per heavy atom. The molecule has 0 unspecified atom stereocenters. The highest BCUT2D eigenvalue weighted by Gasteiger charge is 2.09. The van der Waals surface area contributed by atoms with Crippen molar-refractivity contribution in [2.75, 3.05) is 7.11 Å². The van der Waals surface area contributed by atoms with Crippen molar-refractivity contribution < 1.29 is 10.2 Å². The Kier molecular flexibility index (Phi) is 4.26. The second-order valence-corrected chi connectivity index (χ2v) is 5.19. The number of aromatic hydroxyl groups is 1. The molecule has 2 aromatic heterocycles. The Morgan fingerprint density at radius 3 is 2.43 bits per heavy atom. The second kappa shape index (κ2) is 6.50. The maximum absolute atomic E-state index is 9.38. The summed E-state index contributed by atoms with van der Waals surface area (Å²) in [5.74, 6) is 0.287. The van der Waals surface area contributed by atoms with Gasteiger partial charge in [-0.2, -0.15) is 0 Å². The molecule has 0 saturated heterocycles. The van der Waals surface area contributed by atoms with E-state index in [4.69, 9.17) is 10.1 Å². The Bertz CT molecular complexity index is 927. The molecule has 0 atom stereocenters. The highest BCUT2D eigenvalue weighted by Crippen LogP contribution is 2.27. The van der Waals surface area contributed by atoms with Crippen LogP contribution < -0.4 is 0 Å². The van der Waals surface area contributed by atoms with Crippen molar-refractivity contribution in [2.24, 2.45) is 0 Å². The van der Waals surface area contributed by atoms with Crippen LogP contribution in [0.1, 0.15) is 11.3 Å². The molecule has 0 radical (unpaired) electrons. The van der Waals surface area contributed by atoms with Crippen LogP contribution in [0.3, 0.4) is 0 Å². The van der Waals surface area contributed by atoms with E-state index in [0.29, 0.717) is 0 Å². The number of pyridine rings is 1. The standard InChI is InChI=1S/C18H14N2O.CH4O/c21-13-7-5-12(6-8-13)11-17-18-15(9-10-19-18)14-3-1-2-4-16(14)20-17;1-2/h1-10,19,21H,11H2;2H,1H3. The third-order valence-electron chi connectivity index (χ3n) is 3.79. The number of fused-ring (bicyclic) bond motifs is 3. The summed E-state index contributed by atoms with van der Waals surface area (Å²) in [6.07, 6.45) is 2.70. The third kappa shape index (κ3) is 2.89. The van der Waals surface area contributed by atoms with E-state index in [9.17, 15) is 5.11 Å². The second-order valence-electron chi connectivity index (χ2n) is 5.19. The molecule has 116 valence electrons. The summed E-state index contributed by atoms with van der Waals surface area (Å²) in [4.78, 5) is 8.10. The molecule has 4 rings (SSSR count). The number of aliphatic hydroxyl groups excluding tert-OH is 1. The molecule has 4 heteroatoms. The molecular weight excluding hydrogens is 288 g/mol. The lowest BCUT2D eigenvalue weighted by Crippen LogP contribution is -1.95. The van der Waals surface area contributed by atoms with Gasteiger partial charge in [0.2, 0.25) is 0 Å². The molecular formula is C19H18N2O2. The Balaban J connectivity index is 0.000000753. The molecule has 23 heavy (non-hydrogen) atoms. The molecule has 0 saturated carbocycles. The maximum atomic E-state index is 9.38. The lowest BCUT2D eigenvalue weighted by atomic mass is 10.0. The zero-order valence-corrected chi connectivity index (χ0v) is 12.8. The largest absolute Gasteiger partial charge is 0.508 e. The van der Waals surface area contributed by atoms with Gasteiger partial charge in [-0.1, -0.05) is 30.3 Å². The number of phenols is 1. The number of nitrogens with zero attached hydrogens (tertiary/aromatic N) is 1. The van der Waals surface area contributed by atoms with E-state index in [1.165, 1.54) is 10.8 Å². The molecule has 4 aromatic rings. The number of nitrogens with one attached hydrogen (secondary N) is 1. The van der Waals surface area contributed by atoms with E-state index in [1.807, 2.05) is 36.5 Å². The number of aromatic nitrogens is 2. The number of H-pyrrole nitrogens is 1. The first-order valence-electron chi connectivity index (χ1n) is 7.38. The van der Waals surface area contributed by atoms with Crippen LogP contribution in [0.2, 0.25) is 0 Å². The van der Waals surface area contributed by atoms with Crippen molar-refractivity contribution in [3.63, 3.8) is 0 Å². The fourth-order valence-electron chi connectivity index (χ4n) is 2.77. The average Bonchev–Trinajstić information content (AvgIpc) is 3.09. The van der Waals surface area contributed by atoms with Crippen molar-refractivity contribution >= 4 is 21.8 Å². The SMILES string of the molecule is CO.Oc1ccc(Cc2nc3ccccc3c3cc[nH]c23)cc1. The predicted octanol–water partition coefficient (Wildman–Crippen LogP) is 3.62. The van der Waals surface area contributed by atoms with Crippen molar-refractivity contribution in [1.82, 2.24) is 9.97 Å². The monoisotopic (exact) mass is 306 g/mol. The average molecular weight is 306 g/mol. The summed E-state index contributed by atoms with van der Waals surface area (Å²) in [6, 6.07) is 17.6. The van der Waals surface area contributed by atoms with Crippen LogP contribution in [0.5, 0.6) is 5.75 Å². The van der Waals surface area contributed by atoms with Crippen molar-refractivity contribution in [3.05, 3.63) is 72.1 Å². The number of para-hydroxylation sites is 1. The quantitative estimate of drug-likeness (QED) is 0.530. The first-order valence-corrected chi connectivity index (χ1v) is 7.38. The molecule has 4 nitrogen and oxygen atoms in total. The lowest BCUT2D eigenvalue weighted by molar-refractivity contribution is 0.399. The summed E-state index contributed by atoms with van der Waals surface area (Å²) >= 11 is 0. The van der Waals surface area contributed by atoms with Gasteiger partial charge in [-0.25, -0.2) is 0 Å². The zero-order valence-electron chi connectivity index (χ0n) is 12.8. The number of hydrogen-bond donors (Lipinski definition) is 3. The van der Waals surface area contributed by atoms with Gasteiger partial charge in [-0.05, 0) is 29.8 Å². The van der Waals surface area contributed by atoms with Crippen molar-refractivity contribution in [2.45, 2.75) is 6.42 Å². The van der Waals surface area contributed by atoms with Gasteiger partial charge in [0.25, 0.3) is 0 Å². The summed E-state index contributed by atoms with van der Waals surface area (Å²) in [5.41, 5.74) is 4.26. The first kappa shape index (κ1) is 15.1. The van der Waals surface area contributed by atoms with E-state index in [2.05, 4.69) is 17.1 Å². The van der Waals surface area contributed by atoms with Crippen LogP contribution in [-0.2, 0) is 6.42 Å². The minimum atomic E-state index is 0.287. The number of hydrogen-bond acceptors (Lipinski definition) is 3. The highest BCUT2D eigenvalue weighted by atomic mass is 16.3. The molecule has 0 aliphatic rings. The van der Waals surface area contributed by atoms with Crippen LogP contribution in [0.15, 0.2) is 60.8 Å². The minimum absolute atomic E-state index is 0.287. The smallest absolute Gasteiger partial charge is 0.115 e. The zero-order chi connectivity index (χ0) is 16.2. The lowest BCUT2D eigenvalue weighted by Gasteiger charge is -2.07. The molecule has 2 heterocycles. The highest BCUT2D eigenvalue weighted by molar-refractivity contribution is 6.05. The predicted molar refractivity (Wildman–Crippen MR) is 92.7 cm³/mol. The summed E-state index contributed by atoms with van der Waals surface area (Å²) < 4.78 is 0. The molecule has 0 bridgehead atoms. The molecule has 0 aliphatic carbocycles. The molecule has 3 N–H and O–H groups in total. The van der Waals surface area contributed by atoms with E-state index in [0.717, 1.165) is 35.8 Å². The van der Waals surface area contributed by atoms with Crippen molar-refractivity contribution in [3.8, 4) is 5.75 Å². The van der Waals surface area contributed by atoms with E-state index in [-0.39, 0.29) is 5.75 Å². The number of aromatic amines is 1. The molecule has 0 spiro atoms. The summed E-state index contributed by atoms with van der Waals surface area (Å²) in [7, 11) is 1.00. The molecule has 2 aromatic carbocycles. The fourth-order valence-corrected chi connectivity index (χ4v) is 2.77. The van der Waals surface area contributed by atoms with E-state index >= 15 is 0 Å².